The number of fused-ring (bicyclic) bond motifs is 4. The molecule has 6 aromatic carbocycles. The van der Waals surface area contributed by atoms with Crippen molar-refractivity contribution in [2.45, 2.75) is 39.5 Å². The topological polar surface area (TPSA) is 56.7 Å². The zero-order chi connectivity index (χ0) is 39.6. The average molecular weight is 943 g/mol. The van der Waals surface area contributed by atoms with Crippen LogP contribution in [0.4, 0.5) is 0 Å². The molecule has 0 saturated carbocycles. The molecule has 5 nitrogen and oxygen atoms in total. The first kappa shape index (κ1) is 39.4. The maximum absolute atomic E-state index is 6.47. The maximum atomic E-state index is 6.47. The van der Waals surface area contributed by atoms with Gasteiger partial charge in [0.1, 0.15) is 5.58 Å². The van der Waals surface area contributed by atoms with E-state index < -0.39 is 0 Å². The number of hydrogen-bond donors (Lipinski definition) is 0. The van der Waals surface area contributed by atoms with Gasteiger partial charge in [-0.15, -0.1) is 54.1 Å². The Hall–Kier alpha value is -6.46. The van der Waals surface area contributed by atoms with Gasteiger partial charge in [0, 0.05) is 42.9 Å². The van der Waals surface area contributed by atoms with Crippen molar-refractivity contribution < 1.29 is 24.5 Å². The Morgan fingerprint density at radius 1 is 0.559 bits per heavy atom. The third-order valence-electron chi connectivity index (χ3n) is 10.6. The van der Waals surface area contributed by atoms with Gasteiger partial charge in [0.05, 0.1) is 22.6 Å². The SMILES string of the molecule is CC(C)c1cccc(C(C)C)c1-n1c(-c2[c-]ccc3c2oc2ccccc23)nc2nc(-c3ccccc3)ccc21.[Ir].[c-]1ccccc1-c1cc(-c2ccccc2)ccn1. The van der Waals surface area contributed by atoms with Gasteiger partial charge in [-0.25, -0.2) is 4.98 Å². The Morgan fingerprint density at radius 3 is 1.97 bits per heavy atom. The molecule has 0 aliphatic rings. The Balaban J connectivity index is 0.000000213. The van der Waals surface area contributed by atoms with E-state index in [0.29, 0.717) is 17.5 Å². The molecule has 4 heterocycles. The molecule has 0 saturated heterocycles. The summed E-state index contributed by atoms with van der Waals surface area (Å²) in [5, 5.41) is 2.15. The molecule has 1 radical (unpaired) electrons. The summed E-state index contributed by atoms with van der Waals surface area (Å²) in [6.07, 6.45) is 1.85. The van der Waals surface area contributed by atoms with Crippen LogP contribution in [0.25, 0.3) is 83.8 Å². The summed E-state index contributed by atoms with van der Waals surface area (Å²) in [7, 11) is 0. The number of rotatable bonds is 7. The van der Waals surface area contributed by atoms with E-state index in [9.17, 15) is 0 Å². The van der Waals surface area contributed by atoms with E-state index in [1.807, 2.05) is 97.2 Å². The second-order valence-corrected chi connectivity index (χ2v) is 15.0. The Kier molecular flexibility index (Phi) is 11.5. The molecule has 59 heavy (non-hydrogen) atoms. The van der Waals surface area contributed by atoms with Crippen molar-refractivity contribution in [3.8, 4) is 50.7 Å². The average Bonchev–Trinajstić information content (AvgIpc) is 3.86. The summed E-state index contributed by atoms with van der Waals surface area (Å²) in [5.41, 5.74) is 14.2. The van der Waals surface area contributed by atoms with E-state index in [0.717, 1.165) is 61.4 Å². The van der Waals surface area contributed by atoms with Gasteiger partial charge in [-0.1, -0.05) is 142 Å². The van der Waals surface area contributed by atoms with Crippen molar-refractivity contribution >= 4 is 33.1 Å². The van der Waals surface area contributed by atoms with E-state index in [2.05, 4.69) is 122 Å². The van der Waals surface area contributed by atoms with E-state index in [4.69, 9.17) is 14.4 Å². The van der Waals surface area contributed by atoms with Crippen LogP contribution >= 0.6 is 0 Å². The number of nitrogens with zero attached hydrogens (tertiary/aromatic N) is 4. The van der Waals surface area contributed by atoms with Gasteiger partial charge in [-0.3, -0.25) is 4.98 Å². The predicted molar refractivity (Wildman–Crippen MR) is 238 cm³/mol. The number of benzene rings is 6. The predicted octanol–water partition coefficient (Wildman–Crippen LogP) is 13.9. The summed E-state index contributed by atoms with van der Waals surface area (Å²) in [4.78, 5) is 14.7. The molecular formula is C53H42IrN4O-2. The Labute approximate surface area is 358 Å². The van der Waals surface area contributed by atoms with Gasteiger partial charge in [-0.2, -0.15) is 0 Å². The molecule has 0 fully saturated rings. The molecule has 0 unspecified atom stereocenters. The fraction of sp³-hybridized carbons (Fsp3) is 0.113. The van der Waals surface area contributed by atoms with Crippen LogP contribution in [0.2, 0.25) is 0 Å². The van der Waals surface area contributed by atoms with Gasteiger partial charge in [0.15, 0.2) is 5.65 Å². The van der Waals surface area contributed by atoms with Crippen molar-refractivity contribution in [2.75, 3.05) is 0 Å². The summed E-state index contributed by atoms with van der Waals surface area (Å²) in [6, 6.07) is 62.4. The Morgan fingerprint density at radius 2 is 1.25 bits per heavy atom. The second-order valence-electron chi connectivity index (χ2n) is 15.0. The van der Waals surface area contributed by atoms with Gasteiger partial charge in [0.25, 0.3) is 0 Å². The zero-order valence-corrected chi connectivity index (χ0v) is 35.7. The monoisotopic (exact) mass is 943 g/mol. The number of imidazole rings is 1. The standard InChI is InChI=1S/C36H30N3O.C17H12N.Ir/c1-22(2)25-15-10-16-26(23(3)4)33(25)39-31-21-20-30(24-12-6-5-7-13-24)37-35(31)38-36(39)29-18-11-17-28-27-14-8-9-19-32(27)40-34(28)29;1-3-7-14(8-4-1)16-11-12-18-17(13-16)15-9-5-2-6-10-15;/h5-17,19-23H,1-4H3;1-9,11-13H;/q2*-1;. The first-order valence-corrected chi connectivity index (χ1v) is 19.8. The summed E-state index contributed by atoms with van der Waals surface area (Å²) in [5.74, 6) is 1.43. The molecule has 0 aliphatic carbocycles. The number of furan rings is 1. The smallest absolute Gasteiger partial charge is 0.168 e. The van der Waals surface area contributed by atoms with E-state index in [-0.39, 0.29) is 20.1 Å². The van der Waals surface area contributed by atoms with Crippen LogP contribution in [0.3, 0.4) is 0 Å². The van der Waals surface area contributed by atoms with Crippen molar-refractivity contribution in [3.63, 3.8) is 0 Å². The van der Waals surface area contributed by atoms with E-state index in [1.54, 1.807) is 0 Å². The normalized spacial score (nSPS) is 11.2. The van der Waals surface area contributed by atoms with Gasteiger partial charge in [-0.05, 0) is 64.0 Å². The molecule has 0 spiro atoms. The molecule has 291 valence electrons. The summed E-state index contributed by atoms with van der Waals surface area (Å²) >= 11 is 0. The molecular weight excluding hydrogens is 901 g/mol. The molecule has 10 aromatic rings. The van der Waals surface area contributed by atoms with Crippen molar-refractivity contribution in [2.24, 2.45) is 0 Å². The summed E-state index contributed by atoms with van der Waals surface area (Å²) in [6.45, 7) is 9.00. The summed E-state index contributed by atoms with van der Waals surface area (Å²) < 4.78 is 8.76. The van der Waals surface area contributed by atoms with E-state index in [1.165, 1.54) is 27.9 Å². The number of hydrogen-bond acceptors (Lipinski definition) is 4. The third-order valence-corrected chi connectivity index (χ3v) is 10.6. The minimum Gasteiger partial charge on any atom is -0.501 e. The molecule has 10 rings (SSSR count). The number of para-hydroxylation sites is 2. The van der Waals surface area contributed by atoms with Crippen molar-refractivity contribution in [1.29, 1.82) is 0 Å². The van der Waals surface area contributed by atoms with Crippen LogP contribution in [-0.2, 0) is 20.1 Å². The molecule has 6 heteroatoms. The van der Waals surface area contributed by atoms with Crippen LogP contribution in [0.1, 0.15) is 50.7 Å². The van der Waals surface area contributed by atoms with E-state index >= 15 is 0 Å². The minimum atomic E-state index is 0. The molecule has 0 amide bonds. The Bertz CT molecular complexity index is 2930. The maximum Gasteiger partial charge on any atom is 0.168 e. The molecule has 0 N–H and O–H groups in total. The van der Waals surface area contributed by atoms with Crippen LogP contribution in [0.5, 0.6) is 0 Å². The van der Waals surface area contributed by atoms with Crippen molar-refractivity contribution in [3.05, 3.63) is 193 Å². The second kappa shape index (κ2) is 17.2. The first-order chi connectivity index (χ1) is 28.4. The molecule has 0 bridgehead atoms. The zero-order valence-electron chi connectivity index (χ0n) is 33.4. The van der Waals surface area contributed by atoms with Gasteiger partial charge < -0.3 is 14.0 Å². The van der Waals surface area contributed by atoms with Crippen LogP contribution in [0.15, 0.2) is 174 Å². The molecule has 0 atom stereocenters. The van der Waals surface area contributed by atoms with Gasteiger partial charge >= 0.3 is 0 Å². The molecule has 0 aliphatic heterocycles. The van der Waals surface area contributed by atoms with Gasteiger partial charge in [0.2, 0.25) is 0 Å². The quantitative estimate of drug-likeness (QED) is 0.149. The van der Waals surface area contributed by atoms with Crippen LogP contribution in [0, 0.1) is 12.1 Å². The number of pyridine rings is 2. The third kappa shape index (κ3) is 7.78. The minimum absolute atomic E-state index is 0. The fourth-order valence-electron chi connectivity index (χ4n) is 7.69. The largest absolute Gasteiger partial charge is 0.501 e. The van der Waals surface area contributed by atoms with Crippen LogP contribution < -0.4 is 0 Å². The number of aromatic nitrogens is 4. The van der Waals surface area contributed by atoms with Crippen LogP contribution in [-0.4, -0.2) is 19.5 Å². The molecule has 4 aromatic heterocycles. The first-order valence-electron chi connectivity index (χ1n) is 19.8. The van der Waals surface area contributed by atoms with Crippen molar-refractivity contribution in [1.82, 2.24) is 19.5 Å². The fourth-order valence-corrected chi connectivity index (χ4v) is 7.69.